The lowest BCUT2D eigenvalue weighted by Crippen LogP contribution is -2.43. The van der Waals surface area contributed by atoms with Crippen molar-refractivity contribution in [3.63, 3.8) is 0 Å². The summed E-state index contributed by atoms with van der Waals surface area (Å²) in [6.07, 6.45) is 0.255. The number of carbonyl (C=O) groups excluding carboxylic acids is 2. The fourth-order valence-electron chi connectivity index (χ4n) is 1.59. The van der Waals surface area contributed by atoms with Gasteiger partial charge in [0.25, 0.3) is 5.91 Å². The first kappa shape index (κ1) is 12.5. The molecule has 1 aliphatic rings. The van der Waals surface area contributed by atoms with Crippen molar-refractivity contribution in [3.05, 3.63) is 35.6 Å². The molecule has 5 nitrogen and oxygen atoms in total. The number of hydroxylamine groups is 1. The molecule has 0 bridgehead atoms. The van der Waals surface area contributed by atoms with Crippen LogP contribution >= 0.6 is 0 Å². The number of amides is 2. The summed E-state index contributed by atoms with van der Waals surface area (Å²) in [4.78, 5) is 28.0. The van der Waals surface area contributed by atoms with Gasteiger partial charge in [0.05, 0.1) is 18.9 Å². The molecule has 1 atom stereocenters. The first-order chi connectivity index (χ1) is 8.58. The van der Waals surface area contributed by atoms with Crippen LogP contribution < -0.4 is 5.43 Å². The molecule has 1 aromatic carbocycles. The van der Waals surface area contributed by atoms with Gasteiger partial charge in [-0.05, 0) is 24.6 Å². The number of hydrogen-bond acceptors (Lipinski definition) is 3. The zero-order valence-electron chi connectivity index (χ0n) is 9.85. The van der Waals surface area contributed by atoms with Gasteiger partial charge in [0.2, 0.25) is 5.91 Å². The van der Waals surface area contributed by atoms with Crippen LogP contribution in [0, 0.1) is 5.82 Å². The van der Waals surface area contributed by atoms with Crippen molar-refractivity contribution >= 4 is 11.8 Å². The van der Waals surface area contributed by atoms with Gasteiger partial charge in [-0.3, -0.25) is 14.4 Å². The topological polar surface area (TPSA) is 58.6 Å². The molecule has 1 aromatic rings. The van der Waals surface area contributed by atoms with Crippen molar-refractivity contribution in [1.29, 1.82) is 0 Å². The molecule has 6 heteroatoms. The van der Waals surface area contributed by atoms with E-state index >= 15 is 0 Å². The van der Waals surface area contributed by atoms with E-state index in [4.69, 9.17) is 4.84 Å². The van der Waals surface area contributed by atoms with E-state index in [0.717, 1.165) is 5.17 Å². The van der Waals surface area contributed by atoms with Crippen LogP contribution in [-0.4, -0.2) is 23.6 Å². The van der Waals surface area contributed by atoms with Crippen molar-refractivity contribution in [2.75, 3.05) is 6.61 Å². The zero-order valence-corrected chi connectivity index (χ0v) is 9.85. The van der Waals surface area contributed by atoms with E-state index in [1.807, 2.05) is 0 Å². The van der Waals surface area contributed by atoms with Crippen LogP contribution in [0.15, 0.2) is 24.3 Å². The summed E-state index contributed by atoms with van der Waals surface area (Å²) < 4.78 is 12.8. The van der Waals surface area contributed by atoms with Gasteiger partial charge in [-0.2, -0.15) is 0 Å². The molecule has 1 fully saturated rings. The quantitative estimate of drug-likeness (QED) is 0.877. The molecule has 2 rings (SSSR count). The normalized spacial score (nSPS) is 16.8. The van der Waals surface area contributed by atoms with Crippen LogP contribution in [0.5, 0.6) is 0 Å². The molecule has 0 spiro atoms. The number of halogens is 1. The van der Waals surface area contributed by atoms with Gasteiger partial charge in [-0.15, -0.1) is 5.17 Å². The van der Waals surface area contributed by atoms with Crippen molar-refractivity contribution < 1.29 is 18.8 Å². The maximum absolute atomic E-state index is 12.8. The summed E-state index contributed by atoms with van der Waals surface area (Å²) in [6.45, 7) is 1.94. The molecule has 1 heterocycles. The highest BCUT2D eigenvalue weighted by Gasteiger charge is 2.26. The maximum Gasteiger partial charge on any atom is 0.269 e. The van der Waals surface area contributed by atoms with Gasteiger partial charge >= 0.3 is 0 Å². The summed E-state index contributed by atoms with van der Waals surface area (Å²) in [5, 5.41) is 0.850. The molecule has 96 valence electrons. The van der Waals surface area contributed by atoms with Gasteiger partial charge in [0, 0.05) is 0 Å². The molecular weight excluding hydrogens is 239 g/mol. The summed E-state index contributed by atoms with van der Waals surface area (Å²) in [6, 6.07) is 5.64. The predicted molar refractivity (Wildman–Crippen MR) is 60.4 cm³/mol. The smallest absolute Gasteiger partial charge is 0.269 e. The van der Waals surface area contributed by atoms with E-state index in [0.29, 0.717) is 5.56 Å². The van der Waals surface area contributed by atoms with Crippen molar-refractivity contribution in [3.8, 4) is 0 Å². The Morgan fingerprint density at radius 2 is 2.11 bits per heavy atom. The lowest BCUT2D eigenvalue weighted by molar-refractivity contribution is -0.184. The minimum Gasteiger partial charge on any atom is -0.272 e. The standard InChI is InChI=1S/C12H13FN2O3/c1-8(9-2-4-10(13)5-3-9)12(17)14-15-11(16)6-7-18-15/h2-5,8H,6-7H2,1H3,(H,14,17). The third kappa shape index (κ3) is 2.65. The minimum absolute atomic E-state index is 0.255. The third-order valence-electron chi connectivity index (χ3n) is 2.74. The summed E-state index contributed by atoms with van der Waals surface area (Å²) in [5.74, 6) is -1.52. The second-order valence-corrected chi connectivity index (χ2v) is 4.02. The molecule has 1 unspecified atom stereocenters. The van der Waals surface area contributed by atoms with Crippen molar-refractivity contribution in [2.45, 2.75) is 19.3 Å². The number of hydrogen-bond donors (Lipinski definition) is 1. The maximum atomic E-state index is 12.8. The van der Waals surface area contributed by atoms with Crippen LogP contribution in [-0.2, 0) is 14.4 Å². The summed E-state index contributed by atoms with van der Waals surface area (Å²) in [7, 11) is 0. The Labute approximate surface area is 103 Å². The highest BCUT2D eigenvalue weighted by molar-refractivity contribution is 5.86. The largest absolute Gasteiger partial charge is 0.272 e. The molecule has 0 aromatic heterocycles. The monoisotopic (exact) mass is 252 g/mol. The highest BCUT2D eigenvalue weighted by Crippen LogP contribution is 2.16. The first-order valence-corrected chi connectivity index (χ1v) is 5.60. The Morgan fingerprint density at radius 3 is 2.67 bits per heavy atom. The number of nitrogens with one attached hydrogen (secondary N) is 1. The van der Waals surface area contributed by atoms with E-state index in [9.17, 15) is 14.0 Å². The molecule has 0 saturated carbocycles. The fourth-order valence-corrected chi connectivity index (χ4v) is 1.59. The second-order valence-electron chi connectivity index (χ2n) is 4.02. The van der Waals surface area contributed by atoms with Crippen LogP contribution in [0.4, 0.5) is 4.39 Å². The Kier molecular flexibility index (Phi) is 3.57. The van der Waals surface area contributed by atoms with E-state index in [-0.39, 0.29) is 30.7 Å². The highest BCUT2D eigenvalue weighted by atomic mass is 19.1. The van der Waals surface area contributed by atoms with E-state index in [1.54, 1.807) is 6.92 Å². The predicted octanol–water partition coefficient (Wildman–Crippen LogP) is 1.12. The van der Waals surface area contributed by atoms with E-state index in [2.05, 4.69) is 5.43 Å². The van der Waals surface area contributed by atoms with Crippen LogP contribution in [0.25, 0.3) is 0 Å². The average Bonchev–Trinajstić information content (AvgIpc) is 2.75. The lowest BCUT2D eigenvalue weighted by Gasteiger charge is -2.18. The van der Waals surface area contributed by atoms with Gasteiger partial charge in [-0.1, -0.05) is 12.1 Å². The Bertz CT molecular complexity index is 461. The summed E-state index contributed by atoms with van der Waals surface area (Å²) >= 11 is 0. The number of rotatable bonds is 3. The van der Waals surface area contributed by atoms with Crippen LogP contribution in [0.2, 0.25) is 0 Å². The van der Waals surface area contributed by atoms with Crippen molar-refractivity contribution in [2.24, 2.45) is 0 Å². The molecular formula is C12H13FN2O3. The molecule has 1 aliphatic heterocycles. The average molecular weight is 252 g/mol. The summed E-state index contributed by atoms with van der Waals surface area (Å²) in [5.41, 5.74) is 3.04. The second kappa shape index (κ2) is 5.14. The number of benzene rings is 1. The molecule has 2 amide bonds. The Morgan fingerprint density at radius 1 is 1.44 bits per heavy atom. The van der Waals surface area contributed by atoms with Crippen LogP contribution in [0.1, 0.15) is 24.8 Å². The van der Waals surface area contributed by atoms with Gasteiger partial charge in [-0.25, -0.2) is 9.82 Å². The molecule has 0 aliphatic carbocycles. The number of carbonyl (C=O) groups is 2. The fraction of sp³-hybridized carbons (Fsp3) is 0.333. The van der Waals surface area contributed by atoms with E-state index in [1.165, 1.54) is 24.3 Å². The SMILES string of the molecule is CC(C(=O)NN1OCCC1=O)c1ccc(F)cc1. The lowest BCUT2D eigenvalue weighted by atomic mass is 10.0. The van der Waals surface area contributed by atoms with Crippen molar-refractivity contribution in [1.82, 2.24) is 10.6 Å². The molecule has 18 heavy (non-hydrogen) atoms. The van der Waals surface area contributed by atoms with Crippen LogP contribution in [0.3, 0.4) is 0 Å². The van der Waals surface area contributed by atoms with Gasteiger partial charge < -0.3 is 0 Å². The molecule has 1 N–H and O–H groups in total. The first-order valence-electron chi connectivity index (χ1n) is 5.60. The van der Waals surface area contributed by atoms with E-state index < -0.39 is 5.92 Å². The Hall–Kier alpha value is -1.95. The molecule has 0 radical (unpaired) electrons. The number of nitrogens with zero attached hydrogens (tertiary/aromatic N) is 1. The number of hydrazine groups is 1. The third-order valence-corrected chi connectivity index (χ3v) is 2.74. The zero-order chi connectivity index (χ0) is 13.1. The van der Waals surface area contributed by atoms with Gasteiger partial charge in [0.15, 0.2) is 0 Å². The Balaban J connectivity index is 2.00. The molecule has 1 saturated heterocycles. The minimum atomic E-state index is -0.498. The van der Waals surface area contributed by atoms with Gasteiger partial charge in [0.1, 0.15) is 5.82 Å².